The molecule has 132 valence electrons. The first kappa shape index (κ1) is 16.4. The molecule has 1 aromatic rings. The summed E-state index contributed by atoms with van der Waals surface area (Å²) in [6.45, 7) is 3.68. The number of fused-ring (bicyclic) bond motifs is 1. The summed E-state index contributed by atoms with van der Waals surface area (Å²) in [7, 11) is 0. The molecule has 1 amide bonds. The Morgan fingerprint density at radius 2 is 1.80 bits per heavy atom. The fourth-order valence-corrected chi connectivity index (χ4v) is 4.86. The second-order valence-electron chi connectivity index (χ2n) is 7.82. The molecule has 25 heavy (non-hydrogen) atoms. The van der Waals surface area contributed by atoms with Crippen molar-refractivity contribution in [3.8, 4) is 6.07 Å². The summed E-state index contributed by atoms with van der Waals surface area (Å²) in [6.07, 6.45) is 8.79. The Morgan fingerprint density at radius 3 is 2.44 bits per heavy atom. The SMILES string of the molecule is N#Cc1ccnc(N2CCC(C(=O)N3CC4CCCCC4C3)CC2)c1. The fourth-order valence-electron chi connectivity index (χ4n) is 4.86. The standard InChI is InChI=1S/C20H26N4O/c21-12-15-5-8-22-19(11-15)23-9-6-16(7-10-23)20(25)24-13-17-3-1-2-4-18(17)14-24/h5,8,11,16-18H,1-4,6-7,9-10,13-14H2. The predicted octanol–water partition coefficient (Wildman–Crippen LogP) is 2.82. The van der Waals surface area contributed by atoms with E-state index in [0.29, 0.717) is 11.5 Å². The minimum absolute atomic E-state index is 0.163. The largest absolute Gasteiger partial charge is 0.357 e. The topological polar surface area (TPSA) is 60.2 Å². The van der Waals surface area contributed by atoms with Crippen LogP contribution in [0, 0.1) is 29.1 Å². The van der Waals surface area contributed by atoms with Gasteiger partial charge in [-0.25, -0.2) is 4.98 Å². The van der Waals surface area contributed by atoms with Gasteiger partial charge in [-0.3, -0.25) is 4.79 Å². The highest BCUT2D eigenvalue weighted by Gasteiger charge is 2.39. The van der Waals surface area contributed by atoms with Gasteiger partial charge in [-0.2, -0.15) is 5.26 Å². The van der Waals surface area contributed by atoms with Crippen LogP contribution in [0.25, 0.3) is 0 Å². The molecule has 2 unspecified atom stereocenters. The smallest absolute Gasteiger partial charge is 0.225 e. The van der Waals surface area contributed by atoms with Crippen molar-refractivity contribution >= 4 is 11.7 Å². The maximum atomic E-state index is 12.9. The van der Waals surface area contributed by atoms with Crippen molar-refractivity contribution in [2.24, 2.45) is 17.8 Å². The molecular formula is C20H26N4O. The molecule has 0 bridgehead atoms. The molecule has 3 aliphatic rings. The van der Waals surface area contributed by atoms with Gasteiger partial charge in [0.1, 0.15) is 5.82 Å². The van der Waals surface area contributed by atoms with Crippen LogP contribution in [0.3, 0.4) is 0 Å². The van der Waals surface area contributed by atoms with Crippen LogP contribution in [0.15, 0.2) is 18.3 Å². The van der Waals surface area contributed by atoms with Crippen molar-refractivity contribution in [2.45, 2.75) is 38.5 Å². The number of carbonyl (C=O) groups excluding carboxylic acids is 1. The van der Waals surface area contributed by atoms with Crippen molar-refractivity contribution in [3.63, 3.8) is 0 Å². The number of aromatic nitrogens is 1. The lowest BCUT2D eigenvalue weighted by molar-refractivity contribution is -0.135. The Labute approximate surface area is 149 Å². The third-order valence-electron chi connectivity index (χ3n) is 6.33. The van der Waals surface area contributed by atoms with Crippen LogP contribution in [0.2, 0.25) is 0 Å². The van der Waals surface area contributed by atoms with Gasteiger partial charge < -0.3 is 9.80 Å². The molecule has 0 spiro atoms. The number of hydrogen-bond donors (Lipinski definition) is 0. The van der Waals surface area contributed by atoms with Crippen LogP contribution in [-0.2, 0) is 4.79 Å². The third-order valence-corrected chi connectivity index (χ3v) is 6.33. The lowest BCUT2D eigenvalue weighted by atomic mass is 9.82. The van der Waals surface area contributed by atoms with Crippen molar-refractivity contribution in [3.05, 3.63) is 23.9 Å². The zero-order valence-electron chi connectivity index (χ0n) is 14.7. The van der Waals surface area contributed by atoms with Gasteiger partial charge in [0.15, 0.2) is 0 Å². The number of rotatable bonds is 2. The van der Waals surface area contributed by atoms with Crippen molar-refractivity contribution in [1.82, 2.24) is 9.88 Å². The van der Waals surface area contributed by atoms with Crippen molar-refractivity contribution < 1.29 is 4.79 Å². The Balaban J connectivity index is 1.34. The summed E-state index contributed by atoms with van der Waals surface area (Å²) in [6, 6.07) is 5.74. The summed E-state index contributed by atoms with van der Waals surface area (Å²) in [5.74, 6) is 2.92. The first-order chi connectivity index (χ1) is 12.2. The van der Waals surface area contributed by atoms with E-state index in [2.05, 4.69) is 20.9 Å². The summed E-state index contributed by atoms with van der Waals surface area (Å²) in [5, 5.41) is 9.04. The van der Waals surface area contributed by atoms with Gasteiger partial charge in [-0.05, 0) is 49.7 Å². The number of nitrogens with zero attached hydrogens (tertiary/aromatic N) is 4. The van der Waals surface area contributed by atoms with Crippen molar-refractivity contribution in [2.75, 3.05) is 31.1 Å². The number of hydrogen-bond acceptors (Lipinski definition) is 4. The molecular weight excluding hydrogens is 312 g/mol. The summed E-state index contributed by atoms with van der Waals surface area (Å²) < 4.78 is 0. The zero-order valence-corrected chi connectivity index (χ0v) is 14.7. The molecule has 2 saturated heterocycles. The summed E-state index contributed by atoms with van der Waals surface area (Å²) >= 11 is 0. The highest BCUT2D eigenvalue weighted by molar-refractivity contribution is 5.79. The molecule has 0 aromatic carbocycles. The molecule has 5 heteroatoms. The zero-order chi connectivity index (χ0) is 17.2. The lowest BCUT2D eigenvalue weighted by Gasteiger charge is -2.34. The van der Waals surface area contributed by atoms with Gasteiger partial charge >= 0.3 is 0 Å². The number of pyridine rings is 1. The molecule has 1 aliphatic carbocycles. The molecule has 3 heterocycles. The molecule has 3 fully saturated rings. The van der Waals surface area contributed by atoms with Gasteiger partial charge in [0.05, 0.1) is 11.6 Å². The average molecular weight is 338 g/mol. The number of likely N-dealkylation sites (tertiary alicyclic amines) is 1. The Bertz CT molecular complexity index is 661. The number of carbonyl (C=O) groups is 1. The lowest BCUT2D eigenvalue weighted by Crippen LogP contribution is -2.42. The second kappa shape index (κ2) is 7.03. The van der Waals surface area contributed by atoms with Crippen molar-refractivity contribution in [1.29, 1.82) is 5.26 Å². The quantitative estimate of drug-likeness (QED) is 0.832. The van der Waals surface area contributed by atoms with Crippen LogP contribution in [-0.4, -0.2) is 42.0 Å². The number of anilines is 1. The monoisotopic (exact) mass is 338 g/mol. The Hall–Kier alpha value is -2.09. The van der Waals surface area contributed by atoms with Crippen LogP contribution >= 0.6 is 0 Å². The van der Waals surface area contributed by atoms with E-state index in [4.69, 9.17) is 5.26 Å². The highest BCUT2D eigenvalue weighted by atomic mass is 16.2. The van der Waals surface area contributed by atoms with Crippen LogP contribution in [0.4, 0.5) is 5.82 Å². The first-order valence-electron chi connectivity index (χ1n) is 9.64. The molecule has 4 rings (SSSR count). The number of piperidine rings is 1. The number of nitriles is 1. The number of amides is 1. The normalized spacial score (nSPS) is 27.0. The minimum Gasteiger partial charge on any atom is -0.357 e. The molecule has 1 saturated carbocycles. The first-order valence-corrected chi connectivity index (χ1v) is 9.64. The molecule has 0 N–H and O–H groups in total. The van der Waals surface area contributed by atoms with E-state index in [-0.39, 0.29) is 5.92 Å². The maximum Gasteiger partial charge on any atom is 0.225 e. The minimum atomic E-state index is 0.163. The van der Waals surface area contributed by atoms with Crippen LogP contribution in [0.1, 0.15) is 44.1 Å². The highest BCUT2D eigenvalue weighted by Crippen LogP contribution is 2.37. The van der Waals surface area contributed by atoms with Gasteiger partial charge in [0.2, 0.25) is 5.91 Å². The predicted molar refractivity (Wildman–Crippen MR) is 95.9 cm³/mol. The van der Waals surface area contributed by atoms with E-state index in [0.717, 1.165) is 56.7 Å². The van der Waals surface area contributed by atoms with Gasteiger partial charge in [0.25, 0.3) is 0 Å². The van der Waals surface area contributed by atoms with Gasteiger partial charge in [0, 0.05) is 38.3 Å². The molecule has 1 aromatic heterocycles. The molecule has 2 atom stereocenters. The van der Waals surface area contributed by atoms with Gasteiger partial charge in [-0.1, -0.05) is 12.8 Å². The molecule has 2 aliphatic heterocycles. The summed E-state index contributed by atoms with van der Waals surface area (Å²) in [4.78, 5) is 21.7. The molecule has 0 radical (unpaired) electrons. The van der Waals surface area contributed by atoms with Crippen LogP contribution < -0.4 is 4.90 Å². The van der Waals surface area contributed by atoms with E-state index in [1.165, 1.54) is 25.7 Å². The van der Waals surface area contributed by atoms with E-state index in [1.807, 2.05) is 6.07 Å². The third kappa shape index (κ3) is 3.35. The molecule has 5 nitrogen and oxygen atoms in total. The van der Waals surface area contributed by atoms with E-state index >= 15 is 0 Å². The Morgan fingerprint density at radius 1 is 1.12 bits per heavy atom. The summed E-state index contributed by atoms with van der Waals surface area (Å²) in [5.41, 5.74) is 0.642. The van der Waals surface area contributed by atoms with E-state index in [1.54, 1.807) is 12.3 Å². The van der Waals surface area contributed by atoms with Gasteiger partial charge in [-0.15, -0.1) is 0 Å². The Kier molecular flexibility index (Phi) is 4.61. The maximum absolute atomic E-state index is 12.9. The average Bonchev–Trinajstić information content (AvgIpc) is 3.12. The van der Waals surface area contributed by atoms with E-state index < -0.39 is 0 Å². The van der Waals surface area contributed by atoms with Crippen LogP contribution in [0.5, 0.6) is 0 Å². The fraction of sp³-hybridized carbons (Fsp3) is 0.650. The van der Waals surface area contributed by atoms with E-state index in [9.17, 15) is 4.79 Å². The second-order valence-corrected chi connectivity index (χ2v) is 7.82.